The fraction of sp³-hybridized carbons (Fsp3) is 0. The maximum Gasteiger partial charge on any atom is 0.323 e. The maximum absolute atomic E-state index is 12.2. The van der Waals surface area contributed by atoms with E-state index in [0.29, 0.717) is 22.0 Å². The number of nitrogens with one attached hydrogen (secondary N) is 3. The first-order chi connectivity index (χ1) is 13.1. The van der Waals surface area contributed by atoms with Gasteiger partial charge in [0.15, 0.2) is 5.65 Å². The number of amides is 2. The van der Waals surface area contributed by atoms with Crippen LogP contribution in [-0.4, -0.2) is 21.0 Å². The summed E-state index contributed by atoms with van der Waals surface area (Å²) in [6.07, 6.45) is 3.34. The Labute approximate surface area is 168 Å². The number of fused-ring (bicyclic) bond motifs is 1. The van der Waals surface area contributed by atoms with Crippen LogP contribution in [0.25, 0.3) is 22.3 Å². The van der Waals surface area contributed by atoms with Crippen LogP contribution in [0.1, 0.15) is 0 Å². The number of rotatable bonds is 3. The molecule has 4 aromatic rings. The lowest BCUT2D eigenvalue weighted by Gasteiger charge is -2.10. The first kappa shape index (κ1) is 17.5. The normalized spacial score (nSPS) is 10.7. The third-order valence-corrected chi connectivity index (χ3v) is 4.77. The molecule has 0 atom stereocenters. The lowest BCUT2D eigenvalue weighted by Crippen LogP contribution is -2.19. The van der Waals surface area contributed by atoms with Crippen LogP contribution < -0.4 is 10.6 Å². The quantitative estimate of drug-likeness (QED) is 0.381. The molecule has 3 N–H and O–H groups in total. The van der Waals surface area contributed by atoms with Gasteiger partial charge in [-0.3, -0.25) is 0 Å². The molecule has 4 rings (SSSR count). The molecule has 0 aliphatic rings. The number of pyridine rings is 1. The summed E-state index contributed by atoms with van der Waals surface area (Å²) >= 11 is 9.45. The first-order valence-corrected chi connectivity index (χ1v) is 9.19. The molecule has 8 heteroatoms. The Morgan fingerprint density at radius 1 is 1.04 bits per heavy atom. The maximum atomic E-state index is 12.2. The van der Waals surface area contributed by atoms with Crippen molar-refractivity contribution < 1.29 is 4.79 Å². The zero-order valence-electron chi connectivity index (χ0n) is 13.8. The van der Waals surface area contributed by atoms with Crippen molar-refractivity contribution in [2.24, 2.45) is 0 Å². The van der Waals surface area contributed by atoms with E-state index in [1.807, 2.05) is 30.3 Å². The number of carbonyl (C=O) groups excluding carboxylic acids is 1. The Morgan fingerprint density at radius 2 is 1.85 bits per heavy atom. The third kappa shape index (κ3) is 3.79. The monoisotopic (exact) mass is 441 g/mol. The van der Waals surface area contributed by atoms with Gasteiger partial charge in [0.05, 0.1) is 22.6 Å². The minimum atomic E-state index is -0.369. The summed E-state index contributed by atoms with van der Waals surface area (Å²) < 4.78 is 0.844. The molecule has 6 nitrogen and oxygen atoms in total. The predicted molar refractivity (Wildman–Crippen MR) is 111 cm³/mol. The van der Waals surface area contributed by atoms with E-state index < -0.39 is 0 Å². The molecule has 0 aliphatic carbocycles. The molecule has 0 bridgehead atoms. The van der Waals surface area contributed by atoms with E-state index in [1.54, 1.807) is 30.7 Å². The van der Waals surface area contributed by atoms with Gasteiger partial charge in [-0.2, -0.15) is 0 Å². The molecule has 134 valence electrons. The average Bonchev–Trinajstić information content (AvgIpc) is 3.13. The Morgan fingerprint density at radius 3 is 2.63 bits per heavy atom. The second kappa shape index (κ2) is 7.38. The number of anilines is 2. The number of aromatic nitrogens is 3. The number of carbonyl (C=O) groups is 1. The van der Waals surface area contributed by atoms with Gasteiger partial charge in [-0.1, -0.05) is 39.7 Å². The Balaban J connectivity index is 1.49. The number of H-pyrrole nitrogens is 1. The fourth-order valence-electron chi connectivity index (χ4n) is 2.70. The second-order valence-corrected chi connectivity index (χ2v) is 7.06. The van der Waals surface area contributed by atoms with Crippen LogP contribution in [-0.2, 0) is 0 Å². The molecule has 0 fully saturated rings. The zero-order chi connectivity index (χ0) is 18.8. The van der Waals surface area contributed by atoms with Crippen LogP contribution in [0.15, 0.2) is 65.5 Å². The molecule has 0 saturated carbocycles. The highest BCUT2D eigenvalue weighted by Crippen LogP contribution is 2.27. The van der Waals surface area contributed by atoms with Crippen molar-refractivity contribution in [2.75, 3.05) is 10.6 Å². The topological polar surface area (TPSA) is 82.7 Å². The molecule has 0 spiro atoms. The van der Waals surface area contributed by atoms with Gasteiger partial charge in [0.25, 0.3) is 0 Å². The number of hydrogen-bond acceptors (Lipinski definition) is 3. The van der Waals surface area contributed by atoms with Gasteiger partial charge in [0, 0.05) is 21.9 Å². The van der Waals surface area contributed by atoms with Gasteiger partial charge in [-0.15, -0.1) is 0 Å². The summed E-state index contributed by atoms with van der Waals surface area (Å²) in [5.41, 5.74) is 4.73. The summed E-state index contributed by atoms with van der Waals surface area (Å²) in [6, 6.07) is 14.3. The molecule has 0 aliphatic heterocycles. The summed E-state index contributed by atoms with van der Waals surface area (Å²) in [5, 5.41) is 5.97. The van der Waals surface area contributed by atoms with Crippen molar-refractivity contribution in [2.45, 2.75) is 0 Å². The molecule has 0 saturated heterocycles. The zero-order valence-corrected chi connectivity index (χ0v) is 16.2. The number of aromatic amines is 1. The van der Waals surface area contributed by atoms with Gasteiger partial charge in [-0.05, 0) is 42.0 Å². The van der Waals surface area contributed by atoms with E-state index in [4.69, 9.17) is 11.6 Å². The van der Waals surface area contributed by atoms with Crippen LogP contribution in [0.2, 0.25) is 5.02 Å². The first-order valence-electron chi connectivity index (χ1n) is 8.02. The number of halogens is 2. The standard InChI is InChI=1S/C19H13BrClN5O/c20-12-3-6-16(15(21)9-12)26-19(27)25-13-4-1-11(2-5-13)14-7-8-22-18-17(14)23-10-24-18/h1-10H,(H,22,23,24)(H2,25,26,27). The summed E-state index contributed by atoms with van der Waals surface area (Å²) in [4.78, 5) is 23.7. The minimum absolute atomic E-state index is 0.369. The Kier molecular flexibility index (Phi) is 4.79. The largest absolute Gasteiger partial charge is 0.343 e. The van der Waals surface area contributed by atoms with E-state index in [1.165, 1.54) is 0 Å². The molecular weight excluding hydrogens is 430 g/mol. The average molecular weight is 443 g/mol. The minimum Gasteiger partial charge on any atom is -0.343 e. The lowest BCUT2D eigenvalue weighted by molar-refractivity contribution is 0.262. The number of urea groups is 1. The van der Waals surface area contributed by atoms with E-state index in [0.717, 1.165) is 21.1 Å². The molecule has 0 unspecified atom stereocenters. The molecule has 2 aromatic heterocycles. The molecule has 2 heterocycles. The van der Waals surface area contributed by atoms with E-state index in [2.05, 4.69) is 41.5 Å². The van der Waals surface area contributed by atoms with E-state index in [-0.39, 0.29) is 6.03 Å². The third-order valence-electron chi connectivity index (χ3n) is 3.96. The summed E-state index contributed by atoms with van der Waals surface area (Å²) in [7, 11) is 0. The Hall–Kier alpha value is -2.90. The van der Waals surface area contributed by atoms with Crippen molar-refractivity contribution in [1.82, 2.24) is 15.0 Å². The van der Waals surface area contributed by atoms with Gasteiger partial charge in [0.1, 0.15) is 0 Å². The number of imidazole rings is 1. The van der Waals surface area contributed by atoms with E-state index >= 15 is 0 Å². The van der Waals surface area contributed by atoms with Crippen molar-refractivity contribution in [3.05, 3.63) is 70.6 Å². The summed E-state index contributed by atoms with van der Waals surface area (Å²) in [5.74, 6) is 0. The Bertz CT molecular complexity index is 1130. The molecule has 0 radical (unpaired) electrons. The van der Waals surface area contributed by atoms with Crippen LogP contribution >= 0.6 is 27.5 Å². The van der Waals surface area contributed by atoms with Gasteiger partial charge in [-0.25, -0.2) is 14.8 Å². The predicted octanol–water partition coefficient (Wildman–Crippen LogP) is 5.68. The van der Waals surface area contributed by atoms with Crippen molar-refractivity contribution in [3.63, 3.8) is 0 Å². The molecule has 2 aromatic carbocycles. The molecular formula is C19H13BrClN5O. The van der Waals surface area contributed by atoms with Crippen molar-refractivity contribution in [1.29, 1.82) is 0 Å². The second-order valence-electron chi connectivity index (χ2n) is 5.74. The van der Waals surface area contributed by atoms with Gasteiger partial charge >= 0.3 is 6.03 Å². The molecule has 27 heavy (non-hydrogen) atoms. The highest BCUT2D eigenvalue weighted by molar-refractivity contribution is 9.10. The number of hydrogen-bond donors (Lipinski definition) is 3. The van der Waals surface area contributed by atoms with Crippen LogP contribution in [0, 0.1) is 0 Å². The van der Waals surface area contributed by atoms with Crippen LogP contribution in [0.4, 0.5) is 16.2 Å². The highest BCUT2D eigenvalue weighted by Gasteiger charge is 2.09. The molecule has 2 amide bonds. The van der Waals surface area contributed by atoms with Gasteiger partial charge < -0.3 is 15.6 Å². The van der Waals surface area contributed by atoms with Crippen LogP contribution in [0.5, 0.6) is 0 Å². The fourth-order valence-corrected chi connectivity index (χ4v) is 3.42. The van der Waals surface area contributed by atoms with Crippen LogP contribution in [0.3, 0.4) is 0 Å². The number of nitrogens with zero attached hydrogens (tertiary/aromatic N) is 2. The van der Waals surface area contributed by atoms with Crippen molar-refractivity contribution >= 4 is 56.1 Å². The van der Waals surface area contributed by atoms with E-state index in [9.17, 15) is 4.79 Å². The SMILES string of the molecule is O=C(Nc1ccc(-c2ccnc3nc[nH]c23)cc1)Nc1ccc(Br)cc1Cl. The smallest absolute Gasteiger partial charge is 0.323 e. The van der Waals surface area contributed by atoms with Gasteiger partial charge in [0.2, 0.25) is 0 Å². The van der Waals surface area contributed by atoms with Crippen molar-refractivity contribution in [3.8, 4) is 11.1 Å². The summed E-state index contributed by atoms with van der Waals surface area (Å²) in [6.45, 7) is 0. The highest BCUT2D eigenvalue weighted by atomic mass is 79.9. The lowest BCUT2D eigenvalue weighted by atomic mass is 10.1. The number of benzene rings is 2.